The third-order valence-electron chi connectivity index (χ3n) is 4.87. The second kappa shape index (κ2) is 9.10. The molecule has 2 aromatic carbocycles. The van der Waals surface area contributed by atoms with Crippen LogP contribution in [0.3, 0.4) is 0 Å². The van der Waals surface area contributed by atoms with E-state index in [2.05, 4.69) is 0 Å². The summed E-state index contributed by atoms with van der Waals surface area (Å²) in [7, 11) is 0. The number of likely N-dealkylation sites (tertiary alicyclic amines) is 1. The van der Waals surface area contributed by atoms with E-state index in [1.165, 1.54) is 4.90 Å². The van der Waals surface area contributed by atoms with Crippen molar-refractivity contribution in [2.45, 2.75) is 18.9 Å². The zero-order chi connectivity index (χ0) is 20.8. The van der Waals surface area contributed by atoms with Gasteiger partial charge in [0.15, 0.2) is 5.78 Å². The van der Waals surface area contributed by atoms with E-state index in [4.69, 9.17) is 5.11 Å². The lowest BCUT2D eigenvalue weighted by atomic mass is 9.89. The molecule has 6 heteroatoms. The number of carbonyl (C=O) groups excluding carboxylic acids is 3. The van der Waals surface area contributed by atoms with Crippen molar-refractivity contribution in [2.75, 3.05) is 6.54 Å². The molecule has 148 valence electrons. The minimum Gasteiger partial charge on any atom is -0.481 e. The monoisotopic (exact) mass is 391 g/mol. The van der Waals surface area contributed by atoms with Gasteiger partial charge >= 0.3 is 5.97 Å². The Kier molecular flexibility index (Phi) is 6.34. The topological polar surface area (TPSA) is 91.8 Å². The standard InChI is InChI=1S/C23H21NO5/c25-19(26)12-7-15-24-18(14-13-16-8-3-1-4-9-16)20(22(28)23(24)29)21(27)17-10-5-2-6-11-17/h1-6,8-11,13-14,18,20H,7,12,15H2,(H,25,26)/b14-13+. The quantitative estimate of drug-likeness (QED) is 0.424. The Labute approximate surface area is 168 Å². The van der Waals surface area contributed by atoms with Gasteiger partial charge in [-0.15, -0.1) is 0 Å². The van der Waals surface area contributed by atoms with Crippen molar-refractivity contribution in [3.8, 4) is 0 Å². The molecule has 1 saturated heterocycles. The Balaban J connectivity index is 1.92. The Hall–Kier alpha value is -3.54. The number of carboxylic acids is 1. The second-order valence-corrected chi connectivity index (χ2v) is 6.83. The van der Waals surface area contributed by atoms with Crippen molar-refractivity contribution in [1.82, 2.24) is 4.90 Å². The van der Waals surface area contributed by atoms with Crippen molar-refractivity contribution in [2.24, 2.45) is 5.92 Å². The average molecular weight is 391 g/mol. The SMILES string of the molecule is O=C(O)CCCN1C(=O)C(=O)C(C(=O)c2ccccc2)C1/C=C/c1ccccc1. The first-order valence-corrected chi connectivity index (χ1v) is 9.38. The Morgan fingerprint density at radius 2 is 1.59 bits per heavy atom. The van der Waals surface area contributed by atoms with Crippen LogP contribution in [0, 0.1) is 5.92 Å². The maximum atomic E-state index is 13.0. The van der Waals surface area contributed by atoms with Gasteiger partial charge in [-0.2, -0.15) is 0 Å². The maximum Gasteiger partial charge on any atom is 0.303 e. The number of aliphatic carboxylic acids is 1. The molecule has 0 saturated carbocycles. The van der Waals surface area contributed by atoms with Crippen LogP contribution in [-0.2, 0) is 14.4 Å². The molecular formula is C23H21NO5. The molecule has 0 aromatic heterocycles. The summed E-state index contributed by atoms with van der Waals surface area (Å²) in [5.41, 5.74) is 1.24. The van der Waals surface area contributed by atoms with Crippen molar-refractivity contribution in [3.05, 3.63) is 77.9 Å². The predicted molar refractivity (Wildman–Crippen MR) is 107 cm³/mol. The fraction of sp³-hybridized carbons (Fsp3) is 0.217. The van der Waals surface area contributed by atoms with Crippen LogP contribution >= 0.6 is 0 Å². The first kappa shape index (κ1) is 20.2. The number of hydrogen-bond donors (Lipinski definition) is 1. The molecule has 1 fully saturated rings. The molecule has 0 bridgehead atoms. The molecule has 0 radical (unpaired) electrons. The molecule has 29 heavy (non-hydrogen) atoms. The Bertz CT molecular complexity index is 936. The molecule has 2 aromatic rings. The molecule has 6 nitrogen and oxygen atoms in total. The summed E-state index contributed by atoms with van der Waals surface area (Å²) in [4.78, 5) is 50.4. The van der Waals surface area contributed by atoms with E-state index in [9.17, 15) is 19.2 Å². The van der Waals surface area contributed by atoms with Crippen LogP contribution in [-0.4, -0.2) is 46.0 Å². The maximum absolute atomic E-state index is 13.0. The smallest absolute Gasteiger partial charge is 0.303 e. The first-order valence-electron chi connectivity index (χ1n) is 9.38. The number of hydrogen-bond acceptors (Lipinski definition) is 4. The Morgan fingerprint density at radius 3 is 2.21 bits per heavy atom. The van der Waals surface area contributed by atoms with Crippen LogP contribution in [0.4, 0.5) is 0 Å². The lowest BCUT2D eigenvalue weighted by molar-refractivity contribution is -0.141. The number of benzene rings is 2. The Morgan fingerprint density at radius 1 is 0.966 bits per heavy atom. The summed E-state index contributed by atoms with van der Waals surface area (Å²) < 4.78 is 0. The summed E-state index contributed by atoms with van der Waals surface area (Å²) in [5, 5.41) is 8.87. The van der Waals surface area contributed by atoms with E-state index in [1.807, 2.05) is 30.3 Å². The van der Waals surface area contributed by atoms with Crippen LogP contribution in [0.2, 0.25) is 0 Å². The van der Waals surface area contributed by atoms with Gasteiger partial charge in [0, 0.05) is 18.5 Å². The zero-order valence-corrected chi connectivity index (χ0v) is 15.7. The predicted octanol–water partition coefficient (Wildman–Crippen LogP) is 2.84. The summed E-state index contributed by atoms with van der Waals surface area (Å²) in [6, 6.07) is 17.0. The van der Waals surface area contributed by atoms with E-state index in [1.54, 1.807) is 42.5 Å². The van der Waals surface area contributed by atoms with E-state index >= 15 is 0 Å². The van der Waals surface area contributed by atoms with Gasteiger partial charge in [-0.1, -0.05) is 72.8 Å². The normalized spacial score (nSPS) is 19.1. The molecule has 3 rings (SSSR count). The van der Waals surface area contributed by atoms with Gasteiger partial charge < -0.3 is 10.0 Å². The van der Waals surface area contributed by atoms with Crippen LogP contribution in [0.5, 0.6) is 0 Å². The molecular weight excluding hydrogens is 370 g/mol. The van der Waals surface area contributed by atoms with Gasteiger partial charge in [-0.05, 0) is 12.0 Å². The molecule has 2 atom stereocenters. The third kappa shape index (κ3) is 4.66. The summed E-state index contributed by atoms with van der Waals surface area (Å²) >= 11 is 0. The number of rotatable bonds is 8. The van der Waals surface area contributed by atoms with E-state index < -0.39 is 35.4 Å². The molecule has 1 amide bonds. The van der Waals surface area contributed by atoms with E-state index in [0.29, 0.717) is 5.56 Å². The largest absolute Gasteiger partial charge is 0.481 e. The molecule has 1 heterocycles. The minimum absolute atomic E-state index is 0.0965. The second-order valence-electron chi connectivity index (χ2n) is 6.83. The van der Waals surface area contributed by atoms with Gasteiger partial charge in [0.2, 0.25) is 5.78 Å². The van der Waals surface area contributed by atoms with Gasteiger partial charge in [0.05, 0.1) is 6.04 Å². The summed E-state index contributed by atoms with van der Waals surface area (Å²) in [6.45, 7) is 0.0965. The first-order chi connectivity index (χ1) is 14.0. The number of carboxylic acid groups (broad SMARTS) is 1. The summed E-state index contributed by atoms with van der Waals surface area (Å²) in [6.07, 6.45) is 3.54. The van der Waals surface area contributed by atoms with Crippen molar-refractivity contribution < 1.29 is 24.3 Å². The number of amides is 1. The van der Waals surface area contributed by atoms with Crippen LogP contribution in [0.1, 0.15) is 28.8 Å². The zero-order valence-electron chi connectivity index (χ0n) is 15.7. The van der Waals surface area contributed by atoms with Crippen molar-refractivity contribution in [1.29, 1.82) is 0 Å². The fourth-order valence-corrected chi connectivity index (χ4v) is 3.44. The summed E-state index contributed by atoms with van der Waals surface area (Å²) in [5.74, 6) is -4.03. The highest BCUT2D eigenvalue weighted by molar-refractivity contribution is 6.44. The lowest BCUT2D eigenvalue weighted by Crippen LogP contribution is -2.36. The lowest BCUT2D eigenvalue weighted by Gasteiger charge is -2.24. The van der Waals surface area contributed by atoms with Gasteiger partial charge in [0.1, 0.15) is 5.92 Å². The molecule has 1 N–H and O–H groups in total. The van der Waals surface area contributed by atoms with Crippen molar-refractivity contribution in [3.63, 3.8) is 0 Å². The molecule has 1 aliphatic rings. The number of carbonyl (C=O) groups is 4. The molecule has 0 spiro atoms. The van der Waals surface area contributed by atoms with Crippen LogP contribution in [0.15, 0.2) is 66.7 Å². The molecule has 0 aliphatic carbocycles. The average Bonchev–Trinajstić information content (AvgIpc) is 2.97. The highest BCUT2D eigenvalue weighted by Gasteiger charge is 2.49. The fourth-order valence-electron chi connectivity index (χ4n) is 3.44. The van der Waals surface area contributed by atoms with Gasteiger partial charge in [-0.3, -0.25) is 19.2 Å². The molecule has 2 unspecified atom stereocenters. The highest BCUT2D eigenvalue weighted by Crippen LogP contribution is 2.28. The third-order valence-corrected chi connectivity index (χ3v) is 4.87. The van der Waals surface area contributed by atoms with Gasteiger partial charge in [-0.25, -0.2) is 0 Å². The van der Waals surface area contributed by atoms with E-state index in [-0.39, 0.29) is 19.4 Å². The van der Waals surface area contributed by atoms with Crippen LogP contribution < -0.4 is 0 Å². The highest BCUT2D eigenvalue weighted by atomic mass is 16.4. The number of ketones is 2. The number of nitrogens with zero attached hydrogens (tertiary/aromatic N) is 1. The van der Waals surface area contributed by atoms with Crippen molar-refractivity contribution >= 4 is 29.5 Å². The van der Waals surface area contributed by atoms with E-state index in [0.717, 1.165) is 5.56 Å². The van der Waals surface area contributed by atoms with Gasteiger partial charge in [0.25, 0.3) is 5.91 Å². The van der Waals surface area contributed by atoms with Crippen LogP contribution in [0.25, 0.3) is 6.08 Å². The number of Topliss-reactive ketones (excluding diaryl/α,β-unsaturated/α-hetero) is 2. The minimum atomic E-state index is -1.14. The molecule has 1 aliphatic heterocycles.